The van der Waals surface area contributed by atoms with E-state index in [1.807, 2.05) is 0 Å². The van der Waals surface area contributed by atoms with E-state index < -0.39 is 11.2 Å². The quantitative estimate of drug-likeness (QED) is 0.522. The minimum absolute atomic E-state index is 0.0748. The van der Waals surface area contributed by atoms with Crippen molar-refractivity contribution in [3.8, 4) is 0 Å². The van der Waals surface area contributed by atoms with Crippen molar-refractivity contribution in [3.05, 3.63) is 0 Å². The Labute approximate surface area is 52.5 Å². The van der Waals surface area contributed by atoms with Crippen LogP contribution in [0.2, 0.25) is 0 Å². The van der Waals surface area contributed by atoms with Gasteiger partial charge in [0.15, 0.2) is 11.5 Å². The predicted molar refractivity (Wildman–Crippen MR) is 34.2 cm³/mol. The average molecular weight is 134 g/mol. The number of carbonyl (C=O) groups excluding carboxylic acids is 1. The molecule has 0 aromatic carbocycles. The van der Waals surface area contributed by atoms with Crippen LogP contribution in [-0.2, 0) is 16.0 Å². The Kier molecular flexibility index (Phi) is 3.91. The van der Waals surface area contributed by atoms with Crippen LogP contribution in [0.3, 0.4) is 0 Å². The van der Waals surface area contributed by atoms with Gasteiger partial charge in [0.05, 0.1) is 6.26 Å². The summed E-state index contributed by atoms with van der Waals surface area (Å²) in [5, 5.41) is 0. The normalized spacial score (nSPS) is 13.4. The van der Waals surface area contributed by atoms with Crippen LogP contribution in [0, 0.1) is 0 Å². The zero-order chi connectivity index (χ0) is 6.57. The molecule has 0 N–H and O–H groups in total. The Morgan fingerprint density at radius 3 is 2.38 bits per heavy atom. The zero-order valence-corrected chi connectivity index (χ0v) is 5.96. The van der Waals surface area contributed by atoms with Crippen LogP contribution in [-0.4, -0.2) is 22.3 Å². The lowest BCUT2D eigenvalue weighted by Crippen LogP contribution is -2.12. The van der Waals surface area contributed by atoms with Gasteiger partial charge in [0.25, 0.3) is 0 Å². The van der Waals surface area contributed by atoms with Crippen LogP contribution in [0.5, 0.6) is 0 Å². The number of Topliss-reactive ketones (excluding diaryl/α,β-unsaturated/α-hetero) is 1. The van der Waals surface area contributed by atoms with E-state index in [1.165, 1.54) is 6.26 Å². The highest BCUT2D eigenvalue weighted by Gasteiger charge is 2.03. The summed E-state index contributed by atoms with van der Waals surface area (Å²) >= 11 is -0.945. The lowest BCUT2D eigenvalue weighted by Gasteiger charge is -2.00. The van der Waals surface area contributed by atoms with E-state index >= 15 is 0 Å². The molecule has 8 heavy (non-hydrogen) atoms. The first-order chi connectivity index (χ1) is 3.66. The highest BCUT2D eigenvalue weighted by Crippen LogP contribution is 1.87. The highest BCUT2D eigenvalue weighted by atomic mass is 32.2. The third-order valence-corrected chi connectivity index (χ3v) is 1.49. The summed E-state index contributed by atoms with van der Waals surface area (Å²) in [4.78, 5) is 10.4. The van der Waals surface area contributed by atoms with Crippen LogP contribution < -0.4 is 0 Å². The summed E-state index contributed by atoms with van der Waals surface area (Å²) in [6.07, 6.45) is 2.03. The second kappa shape index (κ2) is 3.92. The van der Waals surface area contributed by atoms with Crippen molar-refractivity contribution in [3.63, 3.8) is 0 Å². The van der Waals surface area contributed by atoms with Gasteiger partial charge < -0.3 is 4.55 Å². The molecule has 0 aromatic rings. The van der Waals surface area contributed by atoms with Crippen molar-refractivity contribution < 1.29 is 9.35 Å². The SMILES string of the molecule is CCC(=O)C[S+](C)[O-]. The van der Waals surface area contributed by atoms with Crippen molar-refractivity contribution in [2.24, 2.45) is 0 Å². The molecule has 0 amide bonds. The molecule has 0 radical (unpaired) electrons. The molecule has 48 valence electrons. The van der Waals surface area contributed by atoms with E-state index in [4.69, 9.17) is 0 Å². The van der Waals surface area contributed by atoms with Gasteiger partial charge in [0, 0.05) is 6.42 Å². The fourth-order valence-electron chi connectivity index (χ4n) is 0.329. The maximum atomic E-state index is 10.4. The molecular formula is C5H10O2S. The summed E-state index contributed by atoms with van der Waals surface area (Å²) in [6, 6.07) is 0. The van der Waals surface area contributed by atoms with Gasteiger partial charge in [-0.15, -0.1) is 0 Å². The van der Waals surface area contributed by atoms with Crippen LogP contribution >= 0.6 is 0 Å². The summed E-state index contributed by atoms with van der Waals surface area (Å²) in [5.41, 5.74) is 0. The van der Waals surface area contributed by atoms with Gasteiger partial charge >= 0.3 is 0 Å². The van der Waals surface area contributed by atoms with Crippen LogP contribution in [0.4, 0.5) is 0 Å². The summed E-state index contributed by atoms with van der Waals surface area (Å²) in [7, 11) is 0. The molecule has 0 spiro atoms. The van der Waals surface area contributed by atoms with Gasteiger partial charge in [-0.1, -0.05) is 6.92 Å². The largest absolute Gasteiger partial charge is 0.616 e. The van der Waals surface area contributed by atoms with E-state index in [2.05, 4.69) is 0 Å². The van der Waals surface area contributed by atoms with Crippen LogP contribution in [0.1, 0.15) is 13.3 Å². The topological polar surface area (TPSA) is 40.1 Å². The molecule has 1 atom stereocenters. The fourth-order valence-corrected chi connectivity index (χ4v) is 0.986. The molecular weight excluding hydrogens is 124 g/mol. The molecule has 0 aromatic heterocycles. The Morgan fingerprint density at radius 1 is 1.75 bits per heavy atom. The van der Waals surface area contributed by atoms with E-state index in [0.29, 0.717) is 6.42 Å². The molecule has 0 aliphatic carbocycles. The van der Waals surface area contributed by atoms with Crippen molar-refractivity contribution in [1.82, 2.24) is 0 Å². The van der Waals surface area contributed by atoms with Crippen LogP contribution in [0.15, 0.2) is 0 Å². The second-order valence-corrected chi connectivity index (χ2v) is 3.04. The van der Waals surface area contributed by atoms with Gasteiger partial charge in [-0.05, 0) is 11.2 Å². The standard InChI is InChI=1S/C5H10O2S/c1-3-5(6)4-8(2)7/h3-4H2,1-2H3. The van der Waals surface area contributed by atoms with Gasteiger partial charge in [-0.3, -0.25) is 4.79 Å². The molecule has 0 fully saturated rings. The van der Waals surface area contributed by atoms with E-state index in [9.17, 15) is 9.35 Å². The lowest BCUT2D eigenvalue weighted by molar-refractivity contribution is -0.116. The number of ketones is 1. The molecule has 0 bridgehead atoms. The number of hydrogen-bond acceptors (Lipinski definition) is 2. The first kappa shape index (κ1) is 7.98. The zero-order valence-electron chi connectivity index (χ0n) is 5.14. The van der Waals surface area contributed by atoms with Crippen molar-refractivity contribution >= 4 is 17.0 Å². The third kappa shape index (κ3) is 4.15. The molecule has 0 saturated carbocycles. The smallest absolute Gasteiger partial charge is 0.181 e. The number of carbonyl (C=O) groups is 1. The lowest BCUT2D eigenvalue weighted by atomic mass is 10.4. The van der Waals surface area contributed by atoms with Gasteiger partial charge in [-0.2, -0.15) is 0 Å². The first-order valence-electron chi connectivity index (χ1n) is 2.48. The fraction of sp³-hybridized carbons (Fsp3) is 0.800. The Balaban J connectivity index is 3.25. The maximum Gasteiger partial charge on any atom is 0.181 e. The van der Waals surface area contributed by atoms with Gasteiger partial charge in [-0.25, -0.2) is 0 Å². The Bertz CT molecular complexity index is 80.5. The average Bonchev–Trinajstić information content (AvgIpc) is 1.65. The predicted octanol–water partition coefficient (Wildman–Crippen LogP) is 0.344. The first-order valence-corrected chi connectivity index (χ1v) is 4.21. The van der Waals surface area contributed by atoms with Gasteiger partial charge in [0.1, 0.15) is 0 Å². The molecule has 0 aliphatic rings. The highest BCUT2D eigenvalue weighted by molar-refractivity contribution is 7.91. The molecule has 2 nitrogen and oxygen atoms in total. The van der Waals surface area contributed by atoms with E-state index in [0.717, 1.165) is 0 Å². The minimum Gasteiger partial charge on any atom is -0.616 e. The molecule has 0 rings (SSSR count). The Hall–Kier alpha value is -0.0200. The molecule has 3 heteroatoms. The summed E-state index contributed by atoms with van der Waals surface area (Å²) in [6.45, 7) is 1.77. The molecule has 0 saturated heterocycles. The minimum atomic E-state index is -0.945. The van der Waals surface area contributed by atoms with Crippen LogP contribution in [0.25, 0.3) is 0 Å². The van der Waals surface area contributed by atoms with Crippen molar-refractivity contribution in [2.75, 3.05) is 12.0 Å². The molecule has 0 heterocycles. The van der Waals surface area contributed by atoms with Crippen molar-refractivity contribution in [1.29, 1.82) is 0 Å². The monoisotopic (exact) mass is 134 g/mol. The maximum absolute atomic E-state index is 10.4. The van der Waals surface area contributed by atoms with Gasteiger partial charge in [0.2, 0.25) is 0 Å². The second-order valence-electron chi connectivity index (χ2n) is 1.61. The summed E-state index contributed by atoms with van der Waals surface area (Å²) < 4.78 is 10.3. The van der Waals surface area contributed by atoms with E-state index in [1.54, 1.807) is 6.92 Å². The van der Waals surface area contributed by atoms with E-state index in [-0.39, 0.29) is 11.5 Å². The van der Waals surface area contributed by atoms with Crippen molar-refractivity contribution in [2.45, 2.75) is 13.3 Å². The third-order valence-electron chi connectivity index (χ3n) is 0.759. The Morgan fingerprint density at radius 2 is 2.25 bits per heavy atom. The molecule has 1 unspecified atom stereocenters. The number of rotatable bonds is 3. The molecule has 0 aliphatic heterocycles. The summed E-state index contributed by atoms with van der Waals surface area (Å²) in [5.74, 6) is 0.294. The number of hydrogen-bond donors (Lipinski definition) is 0.